The van der Waals surface area contributed by atoms with Gasteiger partial charge >= 0.3 is 0 Å². The van der Waals surface area contributed by atoms with E-state index in [2.05, 4.69) is 25.3 Å². The highest BCUT2D eigenvalue weighted by Crippen LogP contribution is 2.25. The Balaban J connectivity index is 0.000000294. The first-order valence-corrected chi connectivity index (χ1v) is 10.6. The second-order valence-corrected chi connectivity index (χ2v) is 7.84. The molecule has 29 heavy (non-hydrogen) atoms. The van der Waals surface area contributed by atoms with E-state index in [4.69, 9.17) is 5.73 Å². The summed E-state index contributed by atoms with van der Waals surface area (Å²) in [5.41, 5.74) is 7.36. The smallest absolute Gasteiger partial charge is 0.259 e. The molecule has 1 aliphatic carbocycles. The highest BCUT2D eigenvalue weighted by molar-refractivity contribution is 7.17. The van der Waals surface area contributed by atoms with Crippen molar-refractivity contribution in [2.75, 3.05) is 11.1 Å². The number of thiophene rings is 1. The fraction of sp³-hybridized carbons (Fsp3) is 0.286. The van der Waals surface area contributed by atoms with Crippen LogP contribution in [-0.4, -0.2) is 25.8 Å². The molecule has 148 valence electrons. The van der Waals surface area contributed by atoms with Crippen molar-refractivity contribution in [2.24, 2.45) is 0 Å². The fourth-order valence-electron chi connectivity index (χ4n) is 3.28. The first-order valence-electron chi connectivity index (χ1n) is 9.72. The van der Waals surface area contributed by atoms with Crippen LogP contribution >= 0.6 is 11.3 Å². The van der Waals surface area contributed by atoms with Gasteiger partial charge in [0.05, 0.1) is 27.5 Å². The first-order chi connectivity index (χ1) is 14.2. The molecule has 0 radical (unpaired) electrons. The molecule has 7 nitrogen and oxygen atoms in total. The molecule has 0 unspecified atom stereocenters. The Labute approximate surface area is 172 Å². The second-order valence-electron chi connectivity index (χ2n) is 6.93. The number of hydrogen-bond acceptors (Lipinski definition) is 7. The molecule has 0 atom stereocenters. The van der Waals surface area contributed by atoms with Crippen molar-refractivity contribution in [2.45, 2.75) is 38.5 Å². The van der Waals surface area contributed by atoms with E-state index >= 15 is 0 Å². The van der Waals surface area contributed by atoms with Crippen molar-refractivity contribution in [3.63, 3.8) is 0 Å². The molecular formula is C21H22N6OS. The average Bonchev–Trinajstić information content (AvgIpc) is 3.18. The van der Waals surface area contributed by atoms with Gasteiger partial charge in [-0.05, 0) is 18.2 Å². The summed E-state index contributed by atoms with van der Waals surface area (Å²) in [5, 5.41) is 5.43. The molecule has 4 aromatic heterocycles. The number of pyridine rings is 2. The summed E-state index contributed by atoms with van der Waals surface area (Å²) >= 11 is 1.39. The minimum Gasteiger partial charge on any atom is -0.368 e. The summed E-state index contributed by atoms with van der Waals surface area (Å²) in [6.07, 6.45) is 14.0. The number of amides is 1. The zero-order chi connectivity index (χ0) is 20.1. The van der Waals surface area contributed by atoms with Crippen LogP contribution < -0.4 is 11.1 Å². The Morgan fingerprint density at radius 1 is 1.00 bits per heavy atom. The Morgan fingerprint density at radius 2 is 1.76 bits per heavy atom. The summed E-state index contributed by atoms with van der Waals surface area (Å²) in [6, 6.07) is 5.38. The molecule has 5 rings (SSSR count). The van der Waals surface area contributed by atoms with Gasteiger partial charge in [-0.15, -0.1) is 11.3 Å². The maximum Gasteiger partial charge on any atom is 0.259 e. The molecule has 0 aliphatic heterocycles. The molecule has 0 bridgehead atoms. The van der Waals surface area contributed by atoms with Gasteiger partial charge < -0.3 is 11.1 Å². The first kappa shape index (κ1) is 19.2. The highest BCUT2D eigenvalue weighted by atomic mass is 32.1. The van der Waals surface area contributed by atoms with Crippen LogP contribution in [0.5, 0.6) is 0 Å². The molecular weight excluding hydrogens is 384 g/mol. The van der Waals surface area contributed by atoms with Gasteiger partial charge in [-0.3, -0.25) is 9.78 Å². The van der Waals surface area contributed by atoms with Crippen molar-refractivity contribution >= 4 is 50.1 Å². The van der Waals surface area contributed by atoms with Crippen LogP contribution in [0.4, 0.5) is 11.8 Å². The molecule has 0 saturated heterocycles. The topological polar surface area (TPSA) is 107 Å². The Kier molecular flexibility index (Phi) is 5.90. The lowest BCUT2D eigenvalue weighted by molar-refractivity contribution is 0.102. The van der Waals surface area contributed by atoms with Crippen molar-refractivity contribution in [1.29, 1.82) is 0 Å². The maximum atomic E-state index is 12.5. The molecule has 4 aromatic rings. The lowest BCUT2D eigenvalue weighted by Crippen LogP contribution is -2.13. The van der Waals surface area contributed by atoms with Gasteiger partial charge in [0.25, 0.3) is 5.91 Å². The number of nitrogens with two attached hydrogens (primary N) is 1. The van der Waals surface area contributed by atoms with Gasteiger partial charge in [0.15, 0.2) is 0 Å². The Morgan fingerprint density at radius 3 is 2.52 bits per heavy atom. The van der Waals surface area contributed by atoms with Gasteiger partial charge in [0.1, 0.15) is 5.82 Å². The normalized spacial score (nSPS) is 13.7. The zero-order valence-electron chi connectivity index (χ0n) is 16.0. The minimum atomic E-state index is -0.282. The number of carbonyl (C=O) groups is 1. The largest absolute Gasteiger partial charge is 0.368 e. The summed E-state index contributed by atoms with van der Waals surface area (Å²) in [4.78, 5) is 29.0. The van der Waals surface area contributed by atoms with E-state index in [0.717, 1.165) is 15.6 Å². The summed E-state index contributed by atoms with van der Waals surface area (Å²) in [7, 11) is 0. The lowest BCUT2D eigenvalue weighted by Gasteiger charge is -2.05. The van der Waals surface area contributed by atoms with E-state index < -0.39 is 0 Å². The number of nitrogens with zero attached hydrogens (tertiary/aromatic N) is 4. The molecule has 1 aliphatic rings. The van der Waals surface area contributed by atoms with Crippen LogP contribution in [0.15, 0.2) is 42.2 Å². The summed E-state index contributed by atoms with van der Waals surface area (Å²) < 4.78 is 0.807. The van der Waals surface area contributed by atoms with Crippen LogP contribution in [0.3, 0.4) is 0 Å². The summed E-state index contributed by atoms with van der Waals surface area (Å²) in [5.74, 6) is 0.326. The predicted octanol–water partition coefficient (Wildman–Crippen LogP) is 4.81. The molecule has 0 aromatic carbocycles. The van der Waals surface area contributed by atoms with Crippen molar-refractivity contribution in [3.05, 3.63) is 47.7 Å². The van der Waals surface area contributed by atoms with Gasteiger partial charge in [-0.2, -0.15) is 0 Å². The van der Waals surface area contributed by atoms with Gasteiger partial charge in [-0.1, -0.05) is 38.5 Å². The predicted molar refractivity (Wildman–Crippen MR) is 117 cm³/mol. The number of anilines is 2. The summed E-state index contributed by atoms with van der Waals surface area (Å²) in [6.45, 7) is 0. The standard InChI is InChI=1S/C15H10N6OS.C6H12/c16-15-18-6-11-13(21-15)9(7-23-11)14(22)20-12-2-1-8-5-17-4-3-10(8)19-12;1-2-4-6-5-3-1/h1-7H,(H2,16,18,21)(H,19,20,22);1-6H2. The van der Waals surface area contributed by atoms with Crippen molar-refractivity contribution in [1.82, 2.24) is 19.9 Å². The van der Waals surface area contributed by atoms with Crippen LogP contribution in [0, 0.1) is 0 Å². The maximum absolute atomic E-state index is 12.5. The van der Waals surface area contributed by atoms with E-state index in [9.17, 15) is 4.79 Å². The molecule has 3 N–H and O–H groups in total. The molecule has 1 amide bonds. The minimum absolute atomic E-state index is 0.140. The SMILES string of the molecule is C1CCCCC1.Nc1ncc2scc(C(=O)Nc3ccc4cnccc4n3)c2n1. The number of rotatable bonds is 2. The molecule has 1 saturated carbocycles. The van der Waals surface area contributed by atoms with Gasteiger partial charge in [-0.25, -0.2) is 15.0 Å². The van der Waals surface area contributed by atoms with Gasteiger partial charge in [0.2, 0.25) is 5.95 Å². The second kappa shape index (κ2) is 8.91. The van der Waals surface area contributed by atoms with E-state index in [-0.39, 0.29) is 11.9 Å². The Bertz CT molecular complexity index is 1130. The van der Waals surface area contributed by atoms with Gasteiger partial charge in [0, 0.05) is 23.2 Å². The number of carbonyl (C=O) groups excluding carboxylic acids is 1. The third-order valence-corrected chi connectivity index (χ3v) is 5.71. The van der Waals surface area contributed by atoms with Crippen LogP contribution in [0.1, 0.15) is 48.9 Å². The van der Waals surface area contributed by atoms with Crippen molar-refractivity contribution in [3.8, 4) is 0 Å². The zero-order valence-corrected chi connectivity index (χ0v) is 16.8. The fourth-order valence-corrected chi connectivity index (χ4v) is 4.13. The third kappa shape index (κ3) is 4.65. The average molecular weight is 407 g/mol. The van der Waals surface area contributed by atoms with E-state index in [0.29, 0.717) is 16.9 Å². The van der Waals surface area contributed by atoms with Crippen LogP contribution in [-0.2, 0) is 0 Å². The quantitative estimate of drug-likeness (QED) is 0.495. The van der Waals surface area contributed by atoms with Crippen molar-refractivity contribution < 1.29 is 4.79 Å². The van der Waals surface area contributed by atoms with E-state index in [1.165, 1.54) is 49.9 Å². The lowest BCUT2D eigenvalue weighted by atomic mass is 10.0. The molecule has 8 heteroatoms. The van der Waals surface area contributed by atoms with E-state index in [1.54, 1.807) is 36.1 Å². The van der Waals surface area contributed by atoms with Crippen LogP contribution in [0.2, 0.25) is 0 Å². The number of hydrogen-bond donors (Lipinski definition) is 2. The third-order valence-electron chi connectivity index (χ3n) is 4.81. The monoisotopic (exact) mass is 406 g/mol. The number of fused-ring (bicyclic) bond motifs is 2. The number of aromatic nitrogens is 4. The highest BCUT2D eigenvalue weighted by Gasteiger charge is 2.15. The van der Waals surface area contributed by atoms with E-state index in [1.807, 2.05) is 6.07 Å². The molecule has 1 fully saturated rings. The molecule has 4 heterocycles. The Hall–Kier alpha value is -3.13. The number of nitrogen functional groups attached to an aromatic ring is 1. The number of nitrogens with one attached hydrogen (secondary N) is 1. The van der Waals surface area contributed by atoms with Crippen LogP contribution in [0.25, 0.3) is 21.1 Å². The molecule has 0 spiro atoms.